The van der Waals surface area contributed by atoms with Crippen LogP contribution in [0.25, 0.3) is 0 Å². The van der Waals surface area contributed by atoms with Gasteiger partial charge in [0.05, 0.1) is 23.1 Å². The normalized spacial score (nSPS) is 12.7. The van der Waals surface area contributed by atoms with Gasteiger partial charge in [-0.05, 0) is 34.1 Å². The van der Waals surface area contributed by atoms with E-state index in [1.54, 1.807) is 12.1 Å². The summed E-state index contributed by atoms with van der Waals surface area (Å²) in [5.74, 6) is 0.365. The number of nitrogens with zero attached hydrogens (tertiary/aromatic N) is 3. The summed E-state index contributed by atoms with van der Waals surface area (Å²) >= 11 is 3.35. The Morgan fingerprint density at radius 2 is 2.03 bits per heavy atom. The summed E-state index contributed by atoms with van der Waals surface area (Å²) in [5.41, 5.74) is 2.52. The minimum Gasteiger partial charge on any atom is -0.454 e. The number of rotatable bonds is 7. The van der Waals surface area contributed by atoms with Gasteiger partial charge in [0.2, 0.25) is 16.8 Å². The molecule has 0 spiro atoms. The summed E-state index contributed by atoms with van der Waals surface area (Å²) in [4.78, 5) is 22.5. The van der Waals surface area contributed by atoms with Crippen LogP contribution in [0.1, 0.15) is 5.56 Å². The molecule has 1 aliphatic heterocycles. The third kappa shape index (κ3) is 5.04. The van der Waals surface area contributed by atoms with Gasteiger partial charge in [0.1, 0.15) is 6.54 Å². The minimum absolute atomic E-state index is 0.00987. The first-order chi connectivity index (χ1) is 14.1. The summed E-state index contributed by atoms with van der Waals surface area (Å²) in [5, 5.41) is 14.8. The van der Waals surface area contributed by atoms with Crippen molar-refractivity contribution in [3.63, 3.8) is 0 Å². The lowest BCUT2D eigenvalue weighted by Gasteiger charge is -2.21. The van der Waals surface area contributed by atoms with Crippen molar-refractivity contribution in [2.75, 3.05) is 23.9 Å². The fourth-order valence-corrected chi connectivity index (χ4v) is 3.81. The Kier molecular flexibility index (Phi) is 6.22. The van der Waals surface area contributed by atoms with E-state index in [1.807, 2.05) is 0 Å². The smallest absolute Gasteiger partial charge is 0.271 e. The predicted octanol–water partition coefficient (Wildman–Crippen LogP) is 2.00. The first-order valence-corrected chi connectivity index (χ1v) is 10.9. The molecule has 1 heterocycles. The van der Waals surface area contributed by atoms with E-state index in [0.29, 0.717) is 21.5 Å². The lowest BCUT2D eigenvalue weighted by atomic mass is 10.2. The van der Waals surface area contributed by atoms with E-state index < -0.39 is 27.4 Å². The van der Waals surface area contributed by atoms with E-state index in [9.17, 15) is 23.3 Å². The van der Waals surface area contributed by atoms with Gasteiger partial charge in [0.25, 0.3) is 11.6 Å². The number of hydrogen-bond acceptors (Lipinski definition) is 8. The van der Waals surface area contributed by atoms with Crippen molar-refractivity contribution in [1.29, 1.82) is 0 Å². The lowest BCUT2D eigenvalue weighted by Crippen LogP contribution is -2.39. The average Bonchev–Trinajstić information content (AvgIpc) is 3.12. The van der Waals surface area contributed by atoms with Crippen molar-refractivity contribution in [2.24, 2.45) is 5.10 Å². The highest BCUT2D eigenvalue weighted by atomic mass is 79.9. The molecule has 0 bridgehead atoms. The average molecular weight is 499 g/mol. The van der Waals surface area contributed by atoms with Gasteiger partial charge in [0, 0.05) is 22.2 Å². The zero-order valence-corrected chi connectivity index (χ0v) is 17.8. The van der Waals surface area contributed by atoms with Crippen LogP contribution >= 0.6 is 15.9 Å². The van der Waals surface area contributed by atoms with E-state index in [0.717, 1.165) is 16.6 Å². The SMILES string of the molecule is CS(=O)(=O)N(CC(=O)N/N=C\c1cc2c(cc1Br)OCO2)c1cccc([N+](=O)[O-])c1. The van der Waals surface area contributed by atoms with Crippen LogP contribution in [0, 0.1) is 10.1 Å². The number of sulfonamides is 1. The molecule has 1 amide bonds. The minimum atomic E-state index is -3.89. The maximum absolute atomic E-state index is 12.2. The highest BCUT2D eigenvalue weighted by molar-refractivity contribution is 9.10. The zero-order valence-electron chi connectivity index (χ0n) is 15.4. The molecule has 0 unspecified atom stereocenters. The highest BCUT2D eigenvalue weighted by Crippen LogP contribution is 2.36. The number of benzene rings is 2. The molecule has 2 aromatic carbocycles. The Labute approximate surface area is 179 Å². The van der Waals surface area contributed by atoms with Gasteiger partial charge < -0.3 is 9.47 Å². The predicted molar refractivity (Wildman–Crippen MR) is 111 cm³/mol. The number of non-ortho nitro benzene ring substituents is 1. The maximum Gasteiger partial charge on any atom is 0.271 e. The molecular weight excluding hydrogens is 484 g/mol. The number of nitro benzene ring substituents is 1. The van der Waals surface area contributed by atoms with Crippen LogP contribution in [0.2, 0.25) is 0 Å². The number of halogens is 1. The second kappa shape index (κ2) is 8.67. The molecule has 0 fully saturated rings. The van der Waals surface area contributed by atoms with Crippen LogP contribution in [0.4, 0.5) is 11.4 Å². The standard InChI is InChI=1S/C17H15BrN4O7S/c1-30(26,27)21(12-3-2-4-13(6-12)22(24)25)9-17(23)20-19-8-11-5-15-16(7-14(11)18)29-10-28-15/h2-8H,9-10H2,1H3,(H,20,23)/b19-8-. The number of amides is 1. The number of fused-ring (bicyclic) bond motifs is 1. The van der Waals surface area contributed by atoms with E-state index >= 15 is 0 Å². The molecule has 0 saturated heterocycles. The van der Waals surface area contributed by atoms with Crippen molar-refractivity contribution >= 4 is 49.4 Å². The number of anilines is 1. The molecule has 13 heteroatoms. The summed E-state index contributed by atoms with van der Waals surface area (Å²) in [6, 6.07) is 8.33. The lowest BCUT2D eigenvalue weighted by molar-refractivity contribution is -0.384. The number of carbonyl (C=O) groups excluding carboxylic acids is 1. The van der Waals surface area contributed by atoms with Crippen LogP contribution < -0.4 is 19.2 Å². The molecule has 0 aromatic heterocycles. The van der Waals surface area contributed by atoms with Crippen LogP contribution in [0.5, 0.6) is 11.5 Å². The van der Waals surface area contributed by atoms with Gasteiger partial charge in [-0.3, -0.25) is 19.2 Å². The Morgan fingerprint density at radius 1 is 1.33 bits per heavy atom. The Morgan fingerprint density at radius 3 is 2.70 bits per heavy atom. The third-order valence-corrected chi connectivity index (χ3v) is 5.73. The zero-order chi connectivity index (χ0) is 21.9. The van der Waals surface area contributed by atoms with Gasteiger partial charge in [-0.1, -0.05) is 6.07 Å². The quantitative estimate of drug-likeness (QED) is 0.349. The molecule has 158 valence electrons. The fourth-order valence-electron chi connectivity index (χ4n) is 2.53. The van der Waals surface area contributed by atoms with E-state index in [1.165, 1.54) is 24.4 Å². The Hall–Kier alpha value is -3.19. The molecule has 0 aliphatic carbocycles. The first-order valence-electron chi connectivity index (χ1n) is 8.28. The van der Waals surface area contributed by atoms with Crippen molar-refractivity contribution in [1.82, 2.24) is 5.43 Å². The maximum atomic E-state index is 12.2. The summed E-state index contributed by atoms with van der Waals surface area (Å²) in [6.07, 6.45) is 2.24. The molecular formula is C17H15BrN4O7S. The number of carbonyl (C=O) groups is 1. The molecule has 2 aromatic rings. The number of ether oxygens (including phenoxy) is 2. The van der Waals surface area contributed by atoms with Gasteiger partial charge in [-0.25, -0.2) is 13.8 Å². The number of nitrogens with one attached hydrogen (secondary N) is 1. The number of hydrogen-bond donors (Lipinski definition) is 1. The molecule has 0 atom stereocenters. The summed E-state index contributed by atoms with van der Waals surface area (Å²) in [6.45, 7) is -0.502. The van der Waals surface area contributed by atoms with Crippen molar-refractivity contribution in [2.45, 2.75) is 0 Å². The second-order valence-corrected chi connectivity index (χ2v) is 8.83. The summed E-state index contributed by atoms with van der Waals surface area (Å²) < 4.78 is 36.1. The van der Waals surface area contributed by atoms with E-state index in [-0.39, 0.29) is 18.2 Å². The van der Waals surface area contributed by atoms with Gasteiger partial charge in [-0.15, -0.1) is 0 Å². The molecule has 30 heavy (non-hydrogen) atoms. The van der Waals surface area contributed by atoms with E-state index in [2.05, 4.69) is 26.5 Å². The highest BCUT2D eigenvalue weighted by Gasteiger charge is 2.22. The molecule has 11 nitrogen and oxygen atoms in total. The topological polar surface area (TPSA) is 140 Å². The molecule has 0 radical (unpaired) electrons. The largest absolute Gasteiger partial charge is 0.454 e. The second-order valence-electron chi connectivity index (χ2n) is 6.07. The number of nitro groups is 1. The summed E-state index contributed by atoms with van der Waals surface area (Å²) in [7, 11) is -3.89. The Bertz CT molecular complexity index is 1140. The van der Waals surface area contributed by atoms with E-state index in [4.69, 9.17) is 9.47 Å². The monoisotopic (exact) mass is 498 g/mol. The van der Waals surface area contributed by atoms with Gasteiger partial charge in [0.15, 0.2) is 11.5 Å². The molecule has 0 saturated carbocycles. The van der Waals surface area contributed by atoms with Crippen LogP contribution in [0.15, 0.2) is 46.0 Å². The van der Waals surface area contributed by atoms with Crippen LogP contribution in [-0.4, -0.2) is 45.1 Å². The third-order valence-electron chi connectivity index (χ3n) is 3.90. The van der Waals surface area contributed by atoms with Gasteiger partial charge >= 0.3 is 0 Å². The first kappa shape index (κ1) is 21.5. The van der Waals surface area contributed by atoms with Crippen molar-refractivity contribution < 1.29 is 27.6 Å². The Balaban J connectivity index is 1.72. The van der Waals surface area contributed by atoms with Crippen LogP contribution in [0.3, 0.4) is 0 Å². The fraction of sp³-hybridized carbons (Fsp3) is 0.176. The molecule has 1 N–H and O–H groups in total. The van der Waals surface area contributed by atoms with Crippen molar-refractivity contribution in [3.8, 4) is 11.5 Å². The van der Waals surface area contributed by atoms with Crippen LogP contribution in [-0.2, 0) is 14.8 Å². The van der Waals surface area contributed by atoms with Gasteiger partial charge in [-0.2, -0.15) is 5.10 Å². The van der Waals surface area contributed by atoms with Crippen molar-refractivity contribution in [3.05, 3.63) is 56.5 Å². The number of hydrazone groups is 1. The molecule has 1 aliphatic rings. The molecule has 3 rings (SSSR count).